The van der Waals surface area contributed by atoms with Crippen LogP contribution in [0.4, 0.5) is 24.8 Å². The summed E-state index contributed by atoms with van der Waals surface area (Å²) in [4.78, 5) is 53.2. The van der Waals surface area contributed by atoms with Crippen LogP contribution in [0.2, 0.25) is 0 Å². The minimum Gasteiger partial charge on any atom is -0.351 e. The predicted molar refractivity (Wildman–Crippen MR) is 162 cm³/mol. The molecule has 0 radical (unpaired) electrons. The van der Waals surface area contributed by atoms with Crippen molar-refractivity contribution >= 4 is 41.1 Å². The van der Waals surface area contributed by atoms with Crippen LogP contribution in [0.15, 0.2) is 59.6 Å². The van der Waals surface area contributed by atoms with Crippen LogP contribution in [0.5, 0.6) is 0 Å². The van der Waals surface area contributed by atoms with Crippen LogP contribution < -0.4 is 15.1 Å². The minimum absolute atomic E-state index is 0.00674. The van der Waals surface area contributed by atoms with Gasteiger partial charge in [-0.15, -0.1) is 11.8 Å². The van der Waals surface area contributed by atoms with Crippen molar-refractivity contribution in [2.75, 3.05) is 16.1 Å². The van der Waals surface area contributed by atoms with E-state index in [2.05, 4.69) is 15.3 Å². The number of alkyl halides is 2. The molecule has 1 saturated carbocycles. The number of benzene rings is 2. The molecular formula is C32H31F3N6O3S. The first kappa shape index (κ1) is 32.0. The molecule has 5 rings (SSSR count). The summed E-state index contributed by atoms with van der Waals surface area (Å²) >= 11 is 1.24. The third kappa shape index (κ3) is 6.96. The quantitative estimate of drug-likeness (QED) is 0.325. The fraction of sp³-hybridized carbons (Fsp3) is 0.375. The monoisotopic (exact) mass is 636 g/mol. The Bertz CT molecular complexity index is 1660. The van der Waals surface area contributed by atoms with Gasteiger partial charge in [0.15, 0.2) is 0 Å². The Morgan fingerprint density at radius 2 is 1.89 bits per heavy atom. The largest absolute Gasteiger partial charge is 0.351 e. The molecule has 1 saturated heterocycles. The van der Waals surface area contributed by atoms with E-state index in [0.717, 1.165) is 11.0 Å². The summed E-state index contributed by atoms with van der Waals surface area (Å²) in [6.07, 6.45) is 2.43. The third-order valence-electron chi connectivity index (χ3n) is 8.13. The number of aromatic nitrogens is 2. The summed E-state index contributed by atoms with van der Waals surface area (Å²) in [6.45, 7) is 1.77. The molecule has 234 valence electrons. The number of nitriles is 1. The smallest absolute Gasteiger partial charge is 0.251 e. The molecule has 2 unspecified atom stereocenters. The molecule has 1 aliphatic carbocycles. The number of amides is 3. The standard InChI is InChI=1S/C32H31F3N6O3S/c1-19-5-3-4-6-25(19)28(29(43)38-21-9-12-32(34,35)13-10-21)40(23-15-20(33)16-24(17-23)45-2)30(44)26-7-8-27(42)41(26)31-37-14-11-22(18-36)39-31/h3-6,11,14-17,21,26,28H,7-10,12-13H2,1-2H3,(H,38,43). The minimum atomic E-state index is -2.81. The summed E-state index contributed by atoms with van der Waals surface area (Å²) < 4.78 is 42.9. The van der Waals surface area contributed by atoms with Crippen molar-refractivity contribution in [3.8, 4) is 6.07 Å². The molecule has 3 aromatic rings. The molecule has 0 bridgehead atoms. The van der Waals surface area contributed by atoms with Crippen molar-refractivity contribution in [3.63, 3.8) is 0 Å². The molecule has 2 aromatic carbocycles. The van der Waals surface area contributed by atoms with E-state index in [0.29, 0.717) is 16.0 Å². The highest BCUT2D eigenvalue weighted by atomic mass is 32.2. The average molecular weight is 637 g/mol. The van der Waals surface area contributed by atoms with Gasteiger partial charge >= 0.3 is 0 Å². The Balaban J connectivity index is 1.63. The first-order valence-corrected chi connectivity index (χ1v) is 15.7. The Morgan fingerprint density at radius 3 is 2.58 bits per heavy atom. The van der Waals surface area contributed by atoms with Crippen molar-refractivity contribution in [1.82, 2.24) is 15.3 Å². The van der Waals surface area contributed by atoms with Gasteiger partial charge in [0.05, 0.1) is 0 Å². The van der Waals surface area contributed by atoms with Gasteiger partial charge in [-0.05, 0) is 67.8 Å². The van der Waals surface area contributed by atoms with Crippen LogP contribution >= 0.6 is 11.8 Å². The molecule has 2 fully saturated rings. The fourth-order valence-electron chi connectivity index (χ4n) is 5.82. The highest BCUT2D eigenvalue weighted by Gasteiger charge is 2.45. The lowest BCUT2D eigenvalue weighted by atomic mass is 9.91. The number of nitrogens with one attached hydrogen (secondary N) is 1. The summed E-state index contributed by atoms with van der Waals surface area (Å²) in [6, 6.07) is 11.1. The maximum Gasteiger partial charge on any atom is 0.251 e. The van der Waals surface area contributed by atoms with Crippen LogP contribution in [0, 0.1) is 24.1 Å². The van der Waals surface area contributed by atoms with Gasteiger partial charge in [0.1, 0.15) is 29.7 Å². The molecule has 2 atom stereocenters. The van der Waals surface area contributed by atoms with Crippen molar-refractivity contribution < 1.29 is 27.6 Å². The first-order chi connectivity index (χ1) is 21.5. The highest BCUT2D eigenvalue weighted by Crippen LogP contribution is 2.37. The molecular weight excluding hydrogens is 605 g/mol. The number of hydrogen-bond donors (Lipinski definition) is 1. The van der Waals surface area contributed by atoms with Gasteiger partial charge in [-0.25, -0.2) is 23.1 Å². The maximum absolute atomic E-state index is 15.1. The van der Waals surface area contributed by atoms with Gasteiger partial charge in [-0.1, -0.05) is 24.3 Å². The number of carbonyl (C=O) groups excluding carboxylic acids is 3. The van der Waals surface area contributed by atoms with Crippen molar-refractivity contribution in [1.29, 1.82) is 5.26 Å². The van der Waals surface area contributed by atoms with E-state index in [1.165, 1.54) is 35.0 Å². The van der Waals surface area contributed by atoms with Crippen LogP contribution in [-0.2, 0) is 14.4 Å². The molecule has 3 amide bonds. The normalized spacial score (nSPS) is 18.7. The third-order valence-corrected chi connectivity index (χ3v) is 8.84. The molecule has 2 aliphatic rings. The van der Waals surface area contributed by atoms with E-state index in [-0.39, 0.29) is 55.9 Å². The Kier molecular flexibility index (Phi) is 9.43. The Morgan fingerprint density at radius 1 is 1.16 bits per heavy atom. The lowest BCUT2D eigenvalue weighted by molar-refractivity contribution is -0.128. The van der Waals surface area contributed by atoms with Crippen LogP contribution in [0.1, 0.15) is 61.4 Å². The average Bonchev–Trinajstić information content (AvgIpc) is 3.41. The summed E-state index contributed by atoms with van der Waals surface area (Å²) in [5, 5.41) is 12.2. The van der Waals surface area contributed by atoms with E-state index in [4.69, 9.17) is 0 Å². The van der Waals surface area contributed by atoms with Gasteiger partial charge in [0.25, 0.3) is 5.91 Å². The number of carbonyl (C=O) groups is 3. The zero-order valence-corrected chi connectivity index (χ0v) is 25.5. The van der Waals surface area contributed by atoms with Crippen molar-refractivity contribution in [2.24, 2.45) is 0 Å². The number of rotatable bonds is 8. The number of aryl methyl sites for hydroxylation is 1. The molecule has 1 aliphatic heterocycles. The second kappa shape index (κ2) is 13.3. The predicted octanol–water partition coefficient (Wildman–Crippen LogP) is 5.48. The zero-order valence-electron chi connectivity index (χ0n) is 24.7. The lowest BCUT2D eigenvalue weighted by Gasteiger charge is -2.37. The molecule has 9 nitrogen and oxygen atoms in total. The number of nitrogens with zero attached hydrogens (tertiary/aromatic N) is 5. The van der Waals surface area contributed by atoms with Crippen molar-refractivity contribution in [3.05, 3.63) is 77.4 Å². The molecule has 13 heteroatoms. The summed E-state index contributed by atoms with van der Waals surface area (Å²) in [5.41, 5.74) is 1.18. The molecule has 1 N–H and O–H groups in total. The van der Waals surface area contributed by atoms with E-state index in [1.54, 1.807) is 43.5 Å². The summed E-state index contributed by atoms with van der Waals surface area (Å²) in [5.74, 6) is -5.36. The van der Waals surface area contributed by atoms with E-state index < -0.39 is 47.6 Å². The second-order valence-electron chi connectivity index (χ2n) is 11.1. The van der Waals surface area contributed by atoms with Gasteiger partial charge in [0.2, 0.25) is 23.7 Å². The maximum atomic E-state index is 15.1. The fourth-order valence-corrected chi connectivity index (χ4v) is 6.29. The van der Waals surface area contributed by atoms with Gasteiger partial charge in [0, 0.05) is 42.1 Å². The van der Waals surface area contributed by atoms with Gasteiger partial charge in [-0.2, -0.15) is 5.26 Å². The van der Waals surface area contributed by atoms with Crippen LogP contribution in [0.3, 0.4) is 0 Å². The topological polar surface area (TPSA) is 119 Å². The van der Waals surface area contributed by atoms with E-state index >= 15 is 4.39 Å². The first-order valence-electron chi connectivity index (χ1n) is 14.5. The SMILES string of the molecule is CSc1cc(F)cc(N(C(=O)C2CCC(=O)N2c2nccc(C#N)n2)C(C(=O)NC2CCC(F)(F)CC2)c2ccccc2C)c1. The van der Waals surface area contributed by atoms with Gasteiger partial charge < -0.3 is 5.32 Å². The lowest BCUT2D eigenvalue weighted by Crippen LogP contribution is -2.53. The Hall–Kier alpha value is -4.44. The number of hydrogen-bond acceptors (Lipinski definition) is 7. The molecule has 45 heavy (non-hydrogen) atoms. The van der Waals surface area contributed by atoms with Crippen LogP contribution in [-0.4, -0.2) is 52.0 Å². The number of thioether (sulfide) groups is 1. The molecule has 2 heterocycles. The second-order valence-corrected chi connectivity index (χ2v) is 12.0. The van der Waals surface area contributed by atoms with Crippen molar-refractivity contribution in [2.45, 2.75) is 74.4 Å². The van der Waals surface area contributed by atoms with Crippen LogP contribution in [0.25, 0.3) is 0 Å². The Labute approximate surface area is 262 Å². The molecule has 1 aromatic heterocycles. The summed E-state index contributed by atoms with van der Waals surface area (Å²) in [7, 11) is 0. The zero-order chi connectivity index (χ0) is 32.3. The molecule has 0 spiro atoms. The van der Waals surface area contributed by atoms with E-state index in [1.807, 2.05) is 6.07 Å². The van der Waals surface area contributed by atoms with E-state index in [9.17, 15) is 28.4 Å². The van der Waals surface area contributed by atoms with Gasteiger partial charge in [-0.3, -0.25) is 24.2 Å². The number of anilines is 2. The highest BCUT2D eigenvalue weighted by molar-refractivity contribution is 7.98. The number of halogens is 3.